The van der Waals surface area contributed by atoms with Gasteiger partial charge in [0.15, 0.2) is 11.5 Å². The van der Waals surface area contributed by atoms with Crippen LogP contribution in [-0.2, 0) is 0 Å². The summed E-state index contributed by atoms with van der Waals surface area (Å²) in [6.45, 7) is 4.22. The standard InChI is InChI=1S/C28H31N3O5/c1-33-23-8-3-20(4-9-23)28(32)29-18-25(21-5-12-26-27(17-21)36-19-35-26)31-15-13-30(14-16-31)22-6-10-24(34-2)11-7-22/h3-12,17,25H,13-16,18-19H2,1-2H3,(H,29,32)/t25-/m1/s1. The predicted molar refractivity (Wildman–Crippen MR) is 137 cm³/mol. The molecule has 0 radical (unpaired) electrons. The SMILES string of the molecule is COc1ccc(C(=O)NC[C@H](c2ccc3c(c2)OCO3)N2CCN(c3ccc(OC)cc3)CC2)cc1. The molecule has 1 saturated heterocycles. The molecule has 2 aliphatic heterocycles. The average molecular weight is 490 g/mol. The highest BCUT2D eigenvalue weighted by atomic mass is 16.7. The lowest BCUT2D eigenvalue weighted by Crippen LogP contribution is -2.50. The number of anilines is 1. The van der Waals surface area contributed by atoms with Crippen LogP contribution in [0.4, 0.5) is 5.69 Å². The van der Waals surface area contributed by atoms with Crippen molar-refractivity contribution >= 4 is 11.6 Å². The van der Waals surface area contributed by atoms with Crippen LogP contribution < -0.4 is 29.2 Å². The molecule has 1 N–H and O–H groups in total. The minimum Gasteiger partial charge on any atom is -0.497 e. The average Bonchev–Trinajstić information content (AvgIpc) is 3.42. The maximum Gasteiger partial charge on any atom is 0.251 e. The Labute approximate surface area is 211 Å². The van der Waals surface area contributed by atoms with Gasteiger partial charge in [-0.25, -0.2) is 0 Å². The van der Waals surface area contributed by atoms with Gasteiger partial charge in [-0.1, -0.05) is 6.07 Å². The molecule has 8 heteroatoms. The van der Waals surface area contributed by atoms with Crippen LogP contribution in [0, 0.1) is 0 Å². The number of fused-ring (bicyclic) bond motifs is 1. The van der Waals surface area contributed by atoms with Gasteiger partial charge in [0, 0.05) is 44.0 Å². The summed E-state index contributed by atoms with van der Waals surface area (Å²) in [7, 11) is 3.29. The molecule has 0 spiro atoms. The van der Waals surface area contributed by atoms with Gasteiger partial charge in [0.2, 0.25) is 6.79 Å². The maximum absolute atomic E-state index is 12.9. The number of rotatable bonds is 8. The first-order valence-corrected chi connectivity index (χ1v) is 12.1. The van der Waals surface area contributed by atoms with Crippen LogP contribution in [0.15, 0.2) is 66.7 Å². The number of nitrogens with one attached hydrogen (secondary N) is 1. The summed E-state index contributed by atoms with van der Waals surface area (Å²) < 4.78 is 21.6. The summed E-state index contributed by atoms with van der Waals surface area (Å²) in [6, 6.07) is 21.4. The van der Waals surface area contributed by atoms with E-state index in [4.69, 9.17) is 18.9 Å². The molecule has 2 aliphatic rings. The molecular formula is C28H31N3O5. The van der Waals surface area contributed by atoms with Crippen LogP contribution in [0.1, 0.15) is 22.0 Å². The van der Waals surface area contributed by atoms with Crippen LogP contribution in [-0.4, -0.2) is 64.5 Å². The number of nitrogens with zero attached hydrogens (tertiary/aromatic N) is 2. The molecule has 8 nitrogen and oxygen atoms in total. The number of carbonyl (C=O) groups excluding carboxylic acids is 1. The topological polar surface area (TPSA) is 72.5 Å². The fourth-order valence-corrected chi connectivity index (χ4v) is 4.70. The molecule has 0 saturated carbocycles. The number of amides is 1. The second kappa shape index (κ2) is 10.8. The Morgan fingerprint density at radius 1 is 0.861 bits per heavy atom. The molecule has 5 rings (SSSR count). The molecule has 0 aromatic heterocycles. The second-order valence-electron chi connectivity index (χ2n) is 8.79. The van der Waals surface area contributed by atoms with Crippen molar-refractivity contribution in [2.45, 2.75) is 6.04 Å². The minimum atomic E-state index is -0.111. The summed E-state index contributed by atoms with van der Waals surface area (Å²) in [5.41, 5.74) is 2.87. The zero-order valence-electron chi connectivity index (χ0n) is 20.6. The molecule has 188 valence electrons. The Morgan fingerprint density at radius 2 is 1.50 bits per heavy atom. The van der Waals surface area contributed by atoms with Gasteiger partial charge in [0.05, 0.1) is 20.3 Å². The molecule has 0 aliphatic carbocycles. The Kier molecular flexibility index (Phi) is 7.13. The van der Waals surface area contributed by atoms with E-state index in [1.165, 1.54) is 5.69 Å². The van der Waals surface area contributed by atoms with E-state index in [9.17, 15) is 4.79 Å². The van der Waals surface area contributed by atoms with Crippen molar-refractivity contribution < 1.29 is 23.7 Å². The summed E-state index contributed by atoms with van der Waals surface area (Å²) in [5, 5.41) is 3.13. The highest BCUT2D eigenvalue weighted by Gasteiger charge is 2.27. The number of hydrogen-bond acceptors (Lipinski definition) is 7. The molecule has 0 bridgehead atoms. The van der Waals surface area contributed by atoms with Gasteiger partial charge in [-0.05, 0) is 66.2 Å². The molecule has 3 aromatic rings. The fraction of sp³-hybridized carbons (Fsp3) is 0.321. The van der Waals surface area contributed by atoms with E-state index in [1.54, 1.807) is 38.5 Å². The van der Waals surface area contributed by atoms with E-state index < -0.39 is 0 Å². The lowest BCUT2D eigenvalue weighted by molar-refractivity contribution is 0.0930. The first-order valence-electron chi connectivity index (χ1n) is 12.1. The monoisotopic (exact) mass is 489 g/mol. The third-order valence-corrected chi connectivity index (χ3v) is 6.78. The van der Waals surface area contributed by atoms with Crippen molar-refractivity contribution in [3.05, 3.63) is 77.9 Å². The number of hydrogen-bond donors (Lipinski definition) is 1. The number of methoxy groups -OCH3 is 2. The van der Waals surface area contributed by atoms with Crippen molar-refractivity contribution in [1.82, 2.24) is 10.2 Å². The number of piperazine rings is 1. The first kappa shape index (κ1) is 23.8. The van der Waals surface area contributed by atoms with E-state index in [-0.39, 0.29) is 18.7 Å². The third-order valence-electron chi connectivity index (χ3n) is 6.78. The van der Waals surface area contributed by atoms with Gasteiger partial charge < -0.3 is 29.2 Å². The highest BCUT2D eigenvalue weighted by molar-refractivity contribution is 5.94. The molecule has 2 heterocycles. The second-order valence-corrected chi connectivity index (χ2v) is 8.79. The summed E-state index contributed by atoms with van der Waals surface area (Å²) in [4.78, 5) is 17.7. The Bertz CT molecular complexity index is 1170. The number of ether oxygens (including phenoxy) is 4. The predicted octanol–water partition coefficient (Wildman–Crippen LogP) is 3.73. The quantitative estimate of drug-likeness (QED) is 0.517. The van der Waals surface area contributed by atoms with E-state index in [2.05, 4.69) is 33.3 Å². The smallest absolute Gasteiger partial charge is 0.251 e. The zero-order chi connectivity index (χ0) is 24.9. The molecule has 36 heavy (non-hydrogen) atoms. The van der Waals surface area contributed by atoms with Gasteiger partial charge in [0.25, 0.3) is 5.91 Å². The van der Waals surface area contributed by atoms with Crippen LogP contribution in [0.25, 0.3) is 0 Å². The van der Waals surface area contributed by atoms with Crippen molar-refractivity contribution in [1.29, 1.82) is 0 Å². The van der Waals surface area contributed by atoms with Crippen molar-refractivity contribution in [3.63, 3.8) is 0 Å². The summed E-state index contributed by atoms with van der Waals surface area (Å²) in [6.07, 6.45) is 0. The van der Waals surface area contributed by atoms with E-state index >= 15 is 0 Å². The van der Waals surface area contributed by atoms with E-state index in [0.29, 0.717) is 12.1 Å². The Balaban J connectivity index is 1.29. The van der Waals surface area contributed by atoms with Crippen molar-refractivity contribution in [3.8, 4) is 23.0 Å². The molecule has 1 atom stereocenters. The van der Waals surface area contributed by atoms with Crippen LogP contribution in [0.2, 0.25) is 0 Å². The molecule has 1 amide bonds. The minimum absolute atomic E-state index is 0.000263. The Hall–Kier alpha value is -3.91. The lowest BCUT2D eigenvalue weighted by atomic mass is 10.0. The fourth-order valence-electron chi connectivity index (χ4n) is 4.70. The third kappa shape index (κ3) is 5.18. The van der Waals surface area contributed by atoms with Crippen LogP contribution in [0.5, 0.6) is 23.0 Å². The maximum atomic E-state index is 12.9. The van der Waals surface area contributed by atoms with Gasteiger partial charge >= 0.3 is 0 Å². The summed E-state index contributed by atoms with van der Waals surface area (Å²) in [5.74, 6) is 2.97. The van der Waals surface area contributed by atoms with Gasteiger partial charge in [0.1, 0.15) is 11.5 Å². The van der Waals surface area contributed by atoms with Crippen LogP contribution in [0.3, 0.4) is 0 Å². The van der Waals surface area contributed by atoms with Crippen molar-refractivity contribution in [2.24, 2.45) is 0 Å². The number of carbonyl (C=O) groups is 1. The van der Waals surface area contributed by atoms with Crippen molar-refractivity contribution in [2.75, 3.05) is 58.6 Å². The molecule has 1 fully saturated rings. The van der Waals surface area contributed by atoms with Gasteiger partial charge in [-0.3, -0.25) is 9.69 Å². The van der Waals surface area contributed by atoms with E-state index in [0.717, 1.165) is 54.7 Å². The largest absolute Gasteiger partial charge is 0.497 e. The zero-order valence-corrected chi connectivity index (χ0v) is 20.6. The molecular weight excluding hydrogens is 458 g/mol. The van der Waals surface area contributed by atoms with Gasteiger partial charge in [-0.2, -0.15) is 0 Å². The number of benzene rings is 3. The first-order chi connectivity index (χ1) is 17.6. The highest BCUT2D eigenvalue weighted by Crippen LogP contribution is 2.36. The Morgan fingerprint density at radius 3 is 2.17 bits per heavy atom. The molecule has 3 aromatic carbocycles. The lowest BCUT2D eigenvalue weighted by Gasteiger charge is -2.40. The van der Waals surface area contributed by atoms with Gasteiger partial charge in [-0.15, -0.1) is 0 Å². The van der Waals surface area contributed by atoms with Crippen LogP contribution >= 0.6 is 0 Å². The normalized spacial score (nSPS) is 15.9. The van der Waals surface area contributed by atoms with E-state index in [1.807, 2.05) is 24.3 Å². The molecule has 0 unspecified atom stereocenters. The summed E-state index contributed by atoms with van der Waals surface area (Å²) >= 11 is 0.